The third kappa shape index (κ3) is 4.75. The molecule has 1 aliphatic heterocycles. The molecule has 0 spiro atoms. The molecule has 0 bridgehead atoms. The number of ether oxygens (including phenoxy) is 2. The quantitative estimate of drug-likeness (QED) is 0.420. The lowest BCUT2D eigenvalue weighted by atomic mass is 10.0. The molecule has 1 heterocycles. The van der Waals surface area contributed by atoms with Crippen LogP contribution in [0.4, 0.5) is 4.39 Å². The van der Waals surface area contributed by atoms with Gasteiger partial charge in [-0.15, -0.1) is 24.0 Å². The summed E-state index contributed by atoms with van der Waals surface area (Å²) < 4.78 is 24.5. The molecule has 5 nitrogen and oxygen atoms in total. The molecular formula is C18H21FIN3O2. The molecule has 0 aromatic heterocycles. The molecule has 0 amide bonds. The molecule has 25 heavy (non-hydrogen) atoms. The van der Waals surface area contributed by atoms with Gasteiger partial charge in [-0.25, -0.2) is 9.38 Å². The van der Waals surface area contributed by atoms with Crippen molar-refractivity contribution in [3.8, 4) is 11.5 Å². The van der Waals surface area contributed by atoms with Crippen LogP contribution in [0.15, 0.2) is 47.5 Å². The maximum atomic E-state index is 13.9. The van der Waals surface area contributed by atoms with Gasteiger partial charge in [-0.3, -0.25) is 0 Å². The van der Waals surface area contributed by atoms with Gasteiger partial charge in [0.15, 0.2) is 5.96 Å². The number of guanidine groups is 1. The molecule has 0 aliphatic carbocycles. The fraction of sp³-hybridized carbons (Fsp3) is 0.278. The van der Waals surface area contributed by atoms with Gasteiger partial charge in [0.05, 0.1) is 26.3 Å². The van der Waals surface area contributed by atoms with Crippen LogP contribution in [0, 0.1) is 5.82 Å². The van der Waals surface area contributed by atoms with E-state index in [1.54, 1.807) is 12.1 Å². The van der Waals surface area contributed by atoms with E-state index in [2.05, 4.69) is 10.3 Å². The summed E-state index contributed by atoms with van der Waals surface area (Å²) in [6.45, 7) is 0.786. The molecule has 1 unspecified atom stereocenters. The highest BCUT2D eigenvalue weighted by atomic mass is 127. The van der Waals surface area contributed by atoms with Crippen molar-refractivity contribution in [2.75, 3.05) is 13.7 Å². The Morgan fingerprint density at radius 1 is 1.36 bits per heavy atom. The molecule has 1 aliphatic rings. The summed E-state index contributed by atoms with van der Waals surface area (Å²) in [5.41, 5.74) is 7.49. The lowest BCUT2D eigenvalue weighted by molar-refractivity contribution is 0.262. The zero-order valence-corrected chi connectivity index (χ0v) is 16.2. The highest BCUT2D eigenvalue weighted by Crippen LogP contribution is 2.31. The first-order valence-electron chi connectivity index (χ1n) is 7.78. The van der Waals surface area contributed by atoms with Crippen LogP contribution in [-0.2, 0) is 6.54 Å². The van der Waals surface area contributed by atoms with Crippen molar-refractivity contribution in [1.29, 1.82) is 0 Å². The van der Waals surface area contributed by atoms with Crippen LogP contribution in [0.1, 0.15) is 23.6 Å². The number of fused-ring (bicyclic) bond motifs is 1. The maximum Gasteiger partial charge on any atom is 0.189 e. The Labute approximate surface area is 163 Å². The number of halogens is 2. The van der Waals surface area contributed by atoms with Gasteiger partial charge in [0.1, 0.15) is 17.3 Å². The van der Waals surface area contributed by atoms with E-state index in [4.69, 9.17) is 15.2 Å². The van der Waals surface area contributed by atoms with Gasteiger partial charge in [0, 0.05) is 23.6 Å². The first kappa shape index (κ1) is 19.3. The zero-order chi connectivity index (χ0) is 16.9. The first-order chi connectivity index (χ1) is 11.7. The molecule has 2 aromatic carbocycles. The summed E-state index contributed by atoms with van der Waals surface area (Å²) in [5, 5.41) is 3.19. The van der Waals surface area contributed by atoms with E-state index >= 15 is 0 Å². The van der Waals surface area contributed by atoms with E-state index in [1.165, 1.54) is 13.2 Å². The molecule has 134 valence electrons. The van der Waals surface area contributed by atoms with Gasteiger partial charge in [0.25, 0.3) is 0 Å². The Balaban J connectivity index is 0.00000225. The number of benzene rings is 2. The highest BCUT2D eigenvalue weighted by Gasteiger charge is 2.21. The van der Waals surface area contributed by atoms with Crippen molar-refractivity contribution >= 4 is 29.9 Å². The summed E-state index contributed by atoms with van der Waals surface area (Å²) in [7, 11) is 1.50. The van der Waals surface area contributed by atoms with Crippen LogP contribution in [0.5, 0.6) is 11.5 Å². The Morgan fingerprint density at radius 3 is 2.92 bits per heavy atom. The number of nitrogens with two attached hydrogens (primary N) is 1. The molecule has 2 aromatic rings. The molecule has 1 atom stereocenters. The van der Waals surface area contributed by atoms with Gasteiger partial charge in [0.2, 0.25) is 0 Å². The van der Waals surface area contributed by atoms with E-state index in [1.807, 2.05) is 24.3 Å². The number of hydrogen-bond acceptors (Lipinski definition) is 3. The Morgan fingerprint density at radius 2 is 2.16 bits per heavy atom. The SMILES string of the molecule is COc1ccc(CN=C(N)NC2CCOc3ccccc32)c(F)c1.I. The lowest BCUT2D eigenvalue weighted by Gasteiger charge is -2.26. The Hall–Kier alpha value is -2.03. The van der Waals surface area contributed by atoms with Crippen molar-refractivity contribution in [2.45, 2.75) is 19.0 Å². The smallest absolute Gasteiger partial charge is 0.189 e. The number of para-hydroxylation sites is 1. The average Bonchev–Trinajstić information content (AvgIpc) is 2.61. The van der Waals surface area contributed by atoms with Gasteiger partial charge < -0.3 is 20.5 Å². The first-order valence-corrected chi connectivity index (χ1v) is 7.78. The second-order valence-electron chi connectivity index (χ2n) is 5.53. The normalized spacial score (nSPS) is 16.2. The van der Waals surface area contributed by atoms with Crippen LogP contribution in [0.2, 0.25) is 0 Å². The molecule has 0 saturated carbocycles. The predicted molar refractivity (Wildman–Crippen MR) is 106 cm³/mol. The summed E-state index contributed by atoms with van der Waals surface area (Å²) in [6.07, 6.45) is 0.796. The van der Waals surface area contributed by atoms with E-state index in [9.17, 15) is 4.39 Å². The van der Waals surface area contributed by atoms with Gasteiger partial charge in [-0.1, -0.05) is 24.3 Å². The maximum absolute atomic E-state index is 13.9. The summed E-state index contributed by atoms with van der Waals surface area (Å²) in [6, 6.07) is 12.6. The number of nitrogens with zero attached hydrogens (tertiary/aromatic N) is 1. The van der Waals surface area contributed by atoms with Gasteiger partial charge in [-0.05, 0) is 12.1 Å². The third-order valence-electron chi connectivity index (χ3n) is 3.96. The van der Waals surface area contributed by atoms with E-state index in [-0.39, 0.29) is 48.3 Å². The number of rotatable bonds is 4. The van der Waals surface area contributed by atoms with E-state index < -0.39 is 0 Å². The predicted octanol–water partition coefficient (Wildman–Crippen LogP) is 3.38. The second-order valence-corrected chi connectivity index (χ2v) is 5.53. The number of aliphatic imine (C=N–C) groups is 1. The van der Waals surface area contributed by atoms with Gasteiger partial charge >= 0.3 is 0 Å². The van der Waals surface area contributed by atoms with Crippen molar-refractivity contribution in [1.82, 2.24) is 5.32 Å². The number of methoxy groups -OCH3 is 1. The summed E-state index contributed by atoms with van der Waals surface area (Å²) in [4.78, 5) is 4.24. The van der Waals surface area contributed by atoms with Crippen LogP contribution >= 0.6 is 24.0 Å². The molecule has 3 N–H and O–H groups in total. The molecule has 0 radical (unpaired) electrons. The Kier molecular flexibility index (Phi) is 6.86. The van der Waals surface area contributed by atoms with Crippen LogP contribution in [0.25, 0.3) is 0 Å². The second kappa shape index (κ2) is 8.89. The van der Waals surface area contributed by atoms with Crippen LogP contribution in [0.3, 0.4) is 0 Å². The van der Waals surface area contributed by atoms with Crippen LogP contribution < -0.4 is 20.5 Å². The molecule has 3 rings (SSSR count). The minimum Gasteiger partial charge on any atom is -0.497 e. The fourth-order valence-electron chi connectivity index (χ4n) is 2.67. The minimum absolute atomic E-state index is 0. The largest absolute Gasteiger partial charge is 0.497 e. The van der Waals surface area contributed by atoms with Crippen molar-refractivity contribution in [3.63, 3.8) is 0 Å². The third-order valence-corrected chi connectivity index (χ3v) is 3.96. The zero-order valence-electron chi connectivity index (χ0n) is 13.9. The van der Waals surface area contributed by atoms with Crippen LogP contribution in [-0.4, -0.2) is 19.7 Å². The monoisotopic (exact) mass is 457 g/mol. The van der Waals surface area contributed by atoms with Crippen molar-refractivity contribution < 1.29 is 13.9 Å². The molecule has 0 fully saturated rings. The Bertz CT molecular complexity index is 755. The molecular weight excluding hydrogens is 436 g/mol. The topological polar surface area (TPSA) is 68.9 Å². The van der Waals surface area contributed by atoms with E-state index in [0.29, 0.717) is 17.9 Å². The standard InChI is InChI=1S/C18H20FN3O2.HI/c1-23-13-7-6-12(15(19)10-13)11-21-18(20)22-16-8-9-24-17-5-3-2-4-14(16)17;/h2-7,10,16H,8-9,11H2,1H3,(H3,20,21,22);1H. The van der Waals surface area contributed by atoms with Crippen molar-refractivity contribution in [3.05, 3.63) is 59.4 Å². The summed E-state index contributed by atoms with van der Waals surface area (Å²) >= 11 is 0. The summed E-state index contributed by atoms with van der Waals surface area (Å²) in [5.74, 6) is 1.26. The minimum atomic E-state index is -0.359. The molecule has 7 heteroatoms. The van der Waals surface area contributed by atoms with Crippen molar-refractivity contribution in [2.24, 2.45) is 10.7 Å². The van der Waals surface area contributed by atoms with E-state index in [0.717, 1.165) is 17.7 Å². The lowest BCUT2D eigenvalue weighted by Crippen LogP contribution is -2.37. The van der Waals surface area contributed by atoms with Gasteiger partial charge in [-0.2, -0.15) is 0 Å². The average molecular weight is 457 g/mol. The number of hydrogen-bond donors (Lipinski definition) is 2. The molecule has 0 saturated heterocycles. The fourth-order valence-corrected chi connectivity index (χ4v) is 2.67. The highest BCUT2D eigenvalue weighted by molar-refractivity contribution is 14.0. The number of nitrogens with one attached hydrogen (secondary N) is 1.